The summed E-state index contributed by atoms with van der Waals surface area (Å²) in [7, 11) is 0. The van der Waals surface area contributed by atoms with E-state index in [1.54, 1.807) is 6.08 Å². The molecule has 2 aromatic rings. The number of rotatable bonds is 7. The van der Waals surface area contributed by atoms with Gasteiger partial charge in [-0.1, -0.05) is 36.4 Å². The summed E-state index contributed by atoms with van der Waals surface area (Å²) in [6, 6.07) is 9.20. The first-order valence-corrected chi connectivity index (χ1v) is 7.46. The zero-order valence-corrected chi connectivity index (χ0v) is 13.5. The maximum Gasteiger partial charge on any atom is 0.330 e. The number of nitrogens with zero attached hydrogens (tertiary/aromatic N) is 1. The molecule has 0 aliphatic rings. The predicted molar refractivity (Wildman–Crippen MR) is 88.4 cm³/mol. The molecule has 0 saturated carbocycles. The second kappa shape index (κ2) is 8.74. The zero-order valence-electron chi connectivity index (χ0n) is 13.5. The van der Waals surface area contributed by atoms with Crippen molar-refractivity contribution in [1.29, 1.82) is 0 Å². The summed E-state index contributed by atoms with van der Waals surface area (Å²) in [4.78, 5) is 35.7. The molecule has 0 fully saturated rings. The van der Waals surface area contributed by atoms with Gasteiger partial charge in [-0.3, -0.25) is 19.1 Å². The lowest BCUT2D eigenvalue weighted by Gasteiger charge is -2.16. The van der Waals surface area contributed by atoms with Gasteiger partial charge in [-0.15, -0.1) is 0 Å². The van der Waals surface area contributed by atoms with Crippen molar-refractivity contribution in [2.45, 2.75) is 13.2 Å². The van der Waals surface area contributed by atoms with Crippen molar-refractivity contribution >= 4 is 12.0 Å². The van der Waals surface area contributed by atoms with Gasteiger partial charge in [0.15, 0.2) is 6.23 Å². The Hall–Kier alpha value is -3.00. The number of carbonyl (C=O) groups excluding carboxylic acids is 1. The smallest absolute Gasteiger partial charge is 0.330 e. The molecule has 1 atom stereocenters. The normalized spacial score (nSPS) is 12.2. The molecule has 0 saturated heterocycles. The Kier molecular flexibility index (Phi) is 6.41. The topological polar surface area (TPSA) is 90.4 Å². The third-order valence-corrected chi connectivity index (χ3v) is 3.13. The fourth-order valence-electron chi connectivity index (χ4n) is 1.99. The number of H-pyrrole nitrogens is 1. The minimum absolute atomic E-state index is 0.0173. The van der Waals surface area contributed by atoms with E-state index in [0.29, 0.717) is 0 Å². The minimum Gasteiger partial charge on any atom is -0.463 e. The van der Waals surface area contributed by atoms with E-state index in [4.69, 9.17) is 9.47 Å². The Labute approximate surface area is 142 Å². The summed E-state index contributed by atoms with van der Waals surface area (Å²) < 4.78 is 24.7. The molecule has 2 rings (SSSR count). The van der Waals surface area contributed by atoms with Gasteiger partial charge in [0.1, 0.15) is 6.61 Å². The number of benzene rings is 1. The van der Waals surface area contributed by atoms with E-state index < -0.39 is 29.3 Å². The molecule has 0 spiro atoms. The highest BCUT2D eigenvalue weighted by Gasteiger charge is 2.13. The van der Waals surface area contributed by atoms with Crippen LogP contribution in [0.5, 0.6) is 0 Å². The molecule has 8 heteroatoms. The maximum absolute atomic E-state index is 13.5. The highest BCUT2D eigenvalue weighted by molar-refractivity contribution is 5.65. The lowest BCUT2D eigenvalue weighted by atomic mass is 10.2. The Morgan fingerprint density at radius 2 is 2.00 bits per heavy atom. The molecule has 0 aliphatic heterocycles. The predicted octanol–water partition coefficient (Wildman–Crippen LogP) is 1.47. The van der Waals surface area contributed by atoms with E-state index in [9.17, 15) is 18.8 Å². The van der Waals surface area contributed by atoms with Crippen molar-refractivity contribution in [2.24, 2.45) is 0 Å². The number of hydrogen-bond acceptors (Lipinski definition) is 5. The van der Waals surface area contributed by atoms with Gasteiger partial charge in [0.25, 0.3) is 5.56 Å². The fraction of sp³-hybridized carbons (Fsp3) is 0.235. The highest BCUT2D eigenvalue weighted by Crippen LogP contribution is 2.11. The van der Waals surface area contributed by atoms with Crippen LogP contribution in [0, 0.1) is 5.82 Å². The van der Waals surface area contributed by atoms with Gasteiger partial charge in [-0.2, -0.15) is 4.39 Å². The molecule has 0 aliphatic carbocycles. The molecule has 25 heavy (non-hydrogen) atoms. The van der Waals surface area contributed by atoms with Gasteiger partial charge in [0, 0.05) is 6.92 Å². The van der Waals surface area contributed by atoms with Crippen LogP contribution in [0.15, 0.2) is 52.2 Å². The number of aromatic nitrogens is 2. The van der Waals surface area contributed by atoms with Crippen molar-refractivity contribution in [3.05, 3.63) is 74.8 Å². The summed E-state index contributed by atoms with van der Waals surface area (Å²) in [6.45, 7) is 1.22. The number of carbonyl (C=O) groups is 1. The van der Waals surface area contributed by atoms with Crippen molar-refractivity contribution < 1.29 is 18.7 Å². The Morgan fingerprint density at radius 3 is 2.68 bits per heavy atom. The molecular formula is C17H17FN2O5. The van der Waals surface area contributed by atoms with Crippen LogP contribution in [-0.2, 0) is 14.3 Å². The summed E-state index contributed by atoms with van der Waals surface area (Å²) in [6.07, 6.45) is 3.00. The number of ether oxygens (including phenoxy) is 2. The molecule has 132 valence electrons. The second-order valence-electron chi connectivity index (χ2n) is 5.01. The second-order valence-corrected chi connectivity index (χ2v) is 5.01. The SMILES string of the molecule is CC(=O)OCCOC(C=Cc1ccccc1)n1cc(F)c(=O)[nH]c1=O. The third kappa shape index (κ3) is 5.54. The van der Waals surface area contributed by atoms with Crippen molar-refractivity contribution in [3.8, 4) is 0 Å². The molecule has 1 unspecified atom stereocenters. The lowest BCUT2D eigenvalue weighted by Crippen LogP contribution is -2.34. The molecule has 1 N–H and O–H groups in total. The van der Waals surface area contributed by atoms with Crippen molar-refractivity contribution in [3.63, 3.8) is 0 Å². The van der Waals surface area contributed by atoms with Gasteiger partial charge in [0.05, 0.1) is 12.8 Å². The fourth-order valence-corrected chi connectivity index (χ4v) is 1.99. The number of esters is 1. The van der Waals surface area contributed by atoms with Crippen molar-refractivity contribution in [2.75, 3.05) is 13.2 Å². The molecule has 7 nitrogen and oxygen atoms in total. The van der Waals surface area contributed by atoms with Gasteiger partial charge < -0.3 is 9.47 Å². The summed E-state index contributed by atoms with van der Waals surface area (Å²) in [5, 5.41) is 0. The first kappa shape index (κ1) is 18.3. The Balaban J connectivity index is 2.24. The van der Waals surface area contributed by atoms with Crippen LogP contribution in [-0.4, -0.2) is 28.7 Å². The van der Waals surface area contributed by atoms with E-state index in [0.717, 1.165) is 16.3 Å². The lowest BCUT2D eigenvalue weighted by molar-refractivity contribution is -0.143. The summed E-state index contributed by atoms with van der Waals surface area (Å²) >= 11 is 0. The summed E-state index contributed by atoms with van der Waals surface area (Å²) in [5.74, 6) is -1.58. The molecular weight excluding hydrogens is 331 g/mol. The van der Waals surface area contributed by atoms with Crippen LogP contribution in [0.2, 0.25) is 0 Å². The van der Waals surface area contributed by atoms with Crippen LogP contribution < -0.4 is 11.2 Å². The number of aromatic amines is 1. The Bertz CT molecular complexity index is 857. The molecule has 0 amide bonds. The van der Waals surface area contributed by atoms with Crippen LogP contribution in [0.3, 0.4) is 0 Å². The average molecular weight is 348 g/mol. The standard InChI is InChI=1S/C17H17FN2O5/c1-12(21)24-9-10-25-15(8-7-13-5-3-2-4-6-13)20-11-14(18)16(22)19-17(20)23/h2-8,11,15H,9-10H2,1H3,(H,19,22,23). The van der Waals surface area contributed by atoms with E-state index >= 15 is 0 Å². The van der Waals surface area contributed by atoms with Crippen LogP contribution in [0.25, 0.3) is 6.08 Å². The highest BCUT2D eigenvalue weighted by atomic mass is 19.1. The molecule has 0 bridgehead atoms. The minimum atomic E-state index is -1.11. The first-order valence-electron chi connectivity index (χ1n) is 7.46. The maximum atomic E-state index is 13.5. The van der Waals surface area contributed by atoms with E-state index in [-0.39, 0.29) is 13.2 Å². The molecule has 1 heterocycles. The van der Waals surface area contributed by atoms with Crippen molar-refractivity contribution in [1.82, 2.24) is 9.55 Å². The molecule has 1 aromatic heterocycles. The quantitative estimate of drug-likeness (QED) is 0.604. The van der Waals surface area contributed by atoms with E-state index in [1.165, 1.54) is 13.0 Å². The zero-order chi connectivity index (χ0) is 18.2. The van der Waals surface area contributed by atoms with Crippen LogP contribution in [0.1, 0.15) is 18.7 Å². The number of nitrogens with one attached hydrogen (secondary N) is 1. The average Bonchev–Trinajstić information content (AvgIpc) is 2.58. The molecule has 0 radical (unpaired) electrons. The van der Waals surface area contributed by atoms with Gasteiger partial charge in [-0.05, 0) is 11.6 Å². The molecule has 1 aromatic carbocycles. The van der Waals surface area contributed by atoms with Gasteiger partial charge in [-0.25, -0.2) is 4.79 Å². The van der Waals surface area contributed by atoms with E-state index in [1.807, 2.05) is 35.3 Å². The largest absolute Gasteiger partial charge is 0.463 e. The summed E-state index contributed by atoms with van der Waals surface area (Å²) in [5.41, 5.74) is -1.08. The first-order chi connectivity index (χ1) is 12.0. The number of hydrogen-bond donors (Lipinski definition) is 1. The van der Waals surface area contributed by atoms with Crippen LogP contribution in [0.4, 0.5) is 4.39 Å². The third-order valence-electron chi connectivity index (χ3n) is 3.13. The monoisotopic (exact) mass is 348 g/mol. The Morgan fingerprint density at radius 1 is 1.28 bits per heavy atom. The van der Waals surface area contributed by atoms with Gasteiger partial charge >= 0.3 is 11.7 Å². The number of halogens is 1. The van der Waals surface area contributed by atoms with E-state index in [2.05, 4.69) is 0 Å². The van der Waals surface area contributed by atoms with Crippen LogP contribution >= 0.6 is 0 Å². The van der Waals surface area contributed by atoms with Gasteiger partial charge in [0.2, 0.25) is 5.82 Å².